The van der Waals surface area contributed by atoms with E-state index in [-0.39, 0.29) is 102 Å². The molecule has 796 valence electrons. The van der Waals surface area contributed by atoms with Gasteiger partial charge >= 0.3 is 0 Å². The van der Waals surface area contributed by atoms with Crippen LogP contribution in [0.2, 0.25) is 0 Å². The maximum Gasteiger partial charge on any atom is 0.295 e. The third kappa shape index (κ3) is 26.2. The molecule has 8 heterocycles. The molecule has 1 unspecified atom stereocenters. The van der Waals surface area contributed by atoms with Gasteiger partial charge in [-0.2, -0.15) is 74.6 Å². The molecule has 10 N–H and O–H groups in total. The van der Waals surface area contributed by atoms with Crippen molar-refractivity contribution in [2.75, 3.05) is 126 Å². The van der Waals surface area contributed by atoms with Gasteiger partial charge in [-0.15, -0.1) is 0 Å². The number of ketones is 1. The first kappa shape index (κ1) is 112. The molecule has 1 aromatic heterocycles. The van der Waals surface area contributed by atoms with E-state index >= 15 is 0 Å². The Balaban J connectivity index is 0.572. The molecule has 0 aliphatic carbocycles. The second-order valence-electron chi connectivity index (χ2n) is 41.4. The highest BCUT2D eigenvalue weighted by molar-refractivity contribution is 7.87. The molecule has 7 aliphatic rings. The molecule has 0 bridgehead atoms. The van der Waals surface area contributed by atoms with Gasteiger partial charge in [-0.1, -0.05) is 89.4 Å². The van der Waals surface area contributed by atoms with Crippen molar-refractivity contribution in [2.24, 2.45) is 5.92 Å². The van der Waals surface area contributed by atoms with E-state index in [1.54, 1.807) is 66.4 Å². The molecule has 147 heavy (non-hydrogen) atoms. The number of hydrogen-bond acceptors (Lipinski definition) is 25. The number of carbonyl (C=O) groups excluding carboxylic acids is 5. The summed E-state index contributed by atoms with van der Waals surface area (Å²) in [6.07, 6.45) is 22.6. The average molecular weight is 2140 g/mol. The first-order chi connectivity index (χ1) is 69.2. The van der Waals surface area contributed by atoms with Gasteiger partial charge in [-0.05, 0) is 208 Å². The van der Waals surface area contributed by atoms with Gasteiger partial charge in [0.1, 0.15) is 22.9 Å². The molecule has 0 radical (unpaired) electrons. The fourth-order valence-electron chi connectivity index (χ4n) is 22.4. The summed E-state index contributed by atoms with van der Waals surface area (Å²) >= 11 is 0. The van der Waals surface area contributed by atoms with Crippen LogP contribution in [0.5, 0.6) is 0 Å². The highest BCUT2D eigenvalue weighted by atomic mass is 32.2. The quantitative estimate of drug-likeness (QED) is 0.00733. The first-order valence-corrected chi connectivity index (χ1v) is 60.0. The minimum absolute atomic E-state index is 0.0103. The summed E-state index contributed by atoms with van der Waals surface area (Å²) in [5.41, 5.74) is 5.46. The number of allylic oxidation sites excluding steroid dienone is 8. The van der Waals surface area contributed by atoms with Gasteiger partial charge in [0.05, 0.1) is 33.8 Å². The first-order valence-electron chi connectivity index (χ1n) is 50.7. The molecule has 7 aromatic rings. The lowest BCUT2D eigenvalue weighted by Gasteiger charge is -2.36. The number of amides is 4. The molecular formula is C104H138N14O23S6+2. The fraction of sp³-hybridized carbons (Fsp3) is 0.519. The number of fused-ring (bicyclic) bond motifs is 8. The van der Waals surface area contributed by atoms with Crippen LogP contribution in [0.1, 0.15) is 257 Å². The molecule has 4 amide bonds. The van der Waals surface area contributed by atoms with Crippen molar-refractivity contribution in [1.82, 2.24) is 36.2 Å². The number of carbonyl (C=O) groups is 5. The number of rotatable bonds is 45. The Kier molecular flexibility index (Phi) is 34.6. The van der Waals surface area contributed by atoms with E-state index in [1.165, 1.54) is 18.2 Å². The summed E-state index contributed by atoms with van der Waals surface area (Å²) in [6.45, 7) is 24.3. The number of hydrogen-bond donors (Lipinski definition) is 10. The molecular weight excluding hydrogens is 2010 g/mol. The number of anilines is 5. The maximum absolute atomic E-state index is 14.1. The summed E-state index contributed by atoms with van der Waals surface area (Å²) in [4.78, 5) is 94.5. The number of Topliss-reactive ketones (excluding diaryl/α,β-unsaturated/α-hetero) is 1. The average Bonchev–Trinajstić information content (AvgIpc) is 1.56. The Morgan fingerprint density at radius 3 is 1.42 bits per heavy atom. The molecule has 37 nitrogen and oxygen atoms in total. The topological polar surface area (TPSA) is 521 Å². The largest absolute Gasteiger partial charge is 0.353 e. The second-order valence-corrected chi connectivity index (χ2v) is 50.5. The summed E-state index contributed by atoms with van der Waals surface area (Å²) in [5.74, 6) is -1.59. The van der Waals surface area contributed by atoms with Gasteiger partial charge in [0.15, 0.2) is 17.2 Å². The van der Waals surface area contributed by atoms with Crippen LogP contribution in [-0.4, -0.2) is 256 Å². The molecule has 7 aliphatic heterocycles. The number of aromatic nitrogens is 3. The van der Waals surface area contributed by atoms with E-state index in [0.29, 0.717) is 208 Å². The Morgan fingerprint density at radius 1 is 0.442 bits per heavy atom. The molecule has 3 fully saturated rings. The van der Waals surface area contributed by atoms with Crippen LogP contribution in [-0.2, 0) is 92.0 Å². The Bertz CT molecular complexity index is 7200. The zero-order chi connectivity index (χ0) is 106. The molecule has 14 rings (SSSR count). The van der Waals surface area contributed by atoms with Crippen LogP contribution in [0.3, 0.4) is 0 Å². The van der Waals surface area contributed by atoms with Crippen LogP contribution in [0.25, 0.3) is 21.5 Å². The summed E-state index contributed by atoms with van der Waals surface area (Å²) in [6, 6.07) is 24.8. The third-order valence-corrected chi connectivity index (χ3v) is 34.6. The maximum atomic E-state index is 14.1. The lowest BCUT2D eigenvalue weighted by atomic mass is 9.75. The Labute approximate surface area is 862 Å². The van der Waals surface area contributed by atoms with Gasteiger partial charge in [0.2, 0.25) is 41.0 Å². The molecule has 0 spiro atoms. The van der Waals surface area contributed by atoms with Crippen molar-refractivity contribution in [3.05, 3.63) is 178 Å². The van der Waals surface area contributed by atoms with Crippen molar-refractivity contribution >= 4 is 164 Å². The van der Waals surface area contributed by atoms with Crippen LogP contribution in [0.15, 0.2) is 149 Å². The van der Waals surface area contributed by atoms with E-state index in [2.05, 4.69) is 68.2 Å². The number of nitrogens with zero attached hydrogens (tertiary/aromatic N) is 10. The number of nitrogens with one attached hydrogen (secondary N) is 4. The van der Waals surface area contributed by atoms with Crippen molar-refractivity contribution < 1.29 is 111 Å². The van der Waals surface area contributed by atoms with E-state index < -0.39 is 124 Å². The van der Waals surface area contributed by atoms with Crippen molar-refractivity contribution in [2.45, 2.75) is 248 Å². The predicted molar refractivity (Wildman–Crippen MR) is 568 cm³/mol. The second kappa shape index (κ2) is 45.5. The summed E-state index contributed by atoms with van der Waals surface area (Å²) < 4.78 is 211. The molecule has 43 heteroatoms. The zero-order valence-corrected chi connectivity index (χ0v) is 90.0. The molecule has 1 atom stereocenters. The summed E-state index contributed by atoms with van der Waals surface area (Å²) in [7, 11) is -26.9. The van der Waals surface area contributed by atoms with E-state index in [4.69, 9.17) is 15.0 Å². The SMILES string of the molecule is CCCC1(C)C(=CC=CC2=[N+](CCCCCC(=O)NC3CCN(c4nc(N5CCC(C)CC5)nc(N5CCC(NC(=O)CCCCCCC(=O)c6ccc7c(c6)C(C)(C)C(C=CC=C6N(CCCS(=O)(=O)O)c8cc(C(=O)NCC)cc(C(=O)NCCS(=O)(=O)O)c8C6(C)C)=[N+]7CCCS(=O)(=O)O)CC5)n4)CC3)c3ccc4c(S(=O)(=O)O)cccc4c3C2(C)C)N(CCCS(=O)(=O)O)c2ccc3c(S(=O)(=O)O)cccc3c21. The van der Waals surface area contributed by atoms with Crippen molar-refractivity contribution in [3.63, 3.8) is 0 Å². The minimum atomic E-state index is -4.64. The molecule has 0 saturated carbocycles. The van der Waals surface area contributed by atoms with Crippen LogP contribution in [0.4, 0.5) is 40.6 Å². The van der Waals surface area contributed by atoms with E-state index in [1.807, 2.05) is 98.7 Å². The third-order valence-electron chi connectivity index (χ3n) is 29.7. The van der Waals surface area contributed by atoms with E-state index in [0.717, 1.165) is 65.4 Å². The molecule has 3 saturated heterocycles. The molecule has 6 aromatic carbocycles. The standard InChI is InChI=1S/C104H136N14O23S6/c1-11-50-104(10)90(117(54-25-63-143(127,128)129)82-43-40-75-77(95(82)104)28-21-31-86(75)147(139,140)141)35-23-34-88-102(6,7)93-76-27-20-30-85(146(136,137)138)74(76)39-42-81(93)116(88)52-19-15-18-37-92(121)108-73-48-60-114(61-49-73)100-110-98(112-56-44-69(3)45-57-112)109-99(111-100)113-58-46-72(47-59-113)107-91(120)36-17-14-13-16-29-84(119)70-38-41-80-79(67-70)101(4,5)87(115(80)53-24-62-142(124,125)126)32-22-33-89-103(8,9)94-78(97(123)106-51-65-145(133,134)135)66-71(96(122)105-12-2)68-83(94)118(89)55-26-64-144(130,131)132/h20-23,27-28,30-35,38-43,66-69,72-73H,11-19,24-26,29,36-37,44-65H2,1-10H3,(H8-2,105,106,107,108,120,121,122,123,124,125,126,127,128,129,130,131,132,133,134,135,136,137,138,139,140,141)/p+2. The highest BCUT2D eigenvalue weighted by Crippen LogP contribution is 2.56. The number of benzene rings is 6. The van der Waals surface area contributed by atoms with Gasteiger partial charge in [-0.25, -0.2) is 0 Å². The van der Waals surface area contributed by atoms with Gasteiger partial charge in [0, 0.05) is 212 Å². The van der Waals surface area contributed by atoms with Gasteiger partial charge in [0.25, 0.3) is 72.5 Å². The Morgan fingerprint density at radius 2 is 0.905 bits per heavy atom. The highest BCUT2D eigenvalue weighted by Gasteiger charge is 2.50. The van der Waals surface area contributed by atoms with Crippen molar-refractivity contribution in [3.8, 4) is 0 Å². The number of piperidine rings is 3. The fourth-order valence-corrected chi connectivity index (χ4v) is 25.7. The smallest absolute Gasteiger partial charge is 0.295 e. The van der Waals surface area contributed by atoms with Gasteiger partial charge in [-0.3, -0.25) is 51.3 Å². The lowest BCUT2D eigenvalue weighted by molar-refractivity contribution is -0.438. The normalized spacial score (nSPS) is 19.0. The van der Waals surface area contributed by atoms with Crippen LogP contribution >= 0.6 is 0 Å². The number of unbranched alkanes of at least 4 members (excludes halogenated alkanes) is 5. The Hall–Kier alpha value is -10.8. The van der Waals surface area contributed by atoms with Crippen LogP contribution < -0.4 is 45.8 Å². The van der Waals surface area contributed by atoms with Gasteiger partial charge < -0.3 is 45.8 Å². The minimum Gasteiger partial charge on any atom is -0.353 e. The summed E-state index contributed by atoms with van der Waals surface area (Å²) in [5, 5.41) is 13.8. The predicted octanol–water partition coefficient (Wildman–Crippen LogP) is 13.8. The van der Waals surface area contributed by atoms with E-state index in [9.17, 15) is 102 Å². The monoisotopic (exact) mass is 2140 g/mol. The van der Waals surface area contributed by atoms with Crippen molar-refractivity contribution in [1.29, 1.82) is 0 Å². The lowest BCUT2D eigenvalue weighted by Crippen LogP contribution is -2.46. The zero-order valence-electron chi connectivity index (χ0n) is 85.1. The van der Waals surface area contributed by atoms with Crippen LogP contribution in [0, 0.1) is 5.92 Å².